The number of hydrogen-bond donors (Lipinski definition) is 0. The predicted octanol–water partition coefficient (Wildman–Crippen LogP) is 7.80. The zero-order valence-electron chi connectivity index (χ0n) is 19.0. The maximum absolute atomic E-state index is 2.56. The minimum Gasteiger partial charge on any atom is -0.0673 e. The Bertz CT molecular complexity index is 648. The molecule has 0 radical (unpaired) electrons. The van der Waals surface area contributed by atoms with E-state index in [1.165, 1.54) is 0 Å². The Kier molecular flexibility index (Phi) is 3.80. The van der Waals surface area contributed by atoms with Gasteiger partial charge in [0.25, 0.3) is 0 Å². The van der Waals surface area contributed by atoms with E-state index < -0.39 is 0 Å². The van der Waals surface area contributed by atoms with Crippen LogP contribution < -0.4 is 0 Å². The molecule has 24 heavy (non-hydrogen) atoms. The molecule has 0 saturated heterocycles. The van der Waals surface area contributed by atoms with Crippen LogP contribution in [0.3, 0.4) is 0 Å². The van der Waals surface area contributed by atoms with Crippen LogP contribution in [0.25, 0.3) is 0 Å². The summed E-state index contributed by atoms with van der Waals surface area (Å²) < 4.78 is 0. The lowest BCUT2D eigenvalue weighted by molar-refractivity contribution is -0.168. The quantitative estimate of drug-likeness (QED) is 0.397. The second kappa shape index (κ2) is 4.60. The standard InChI is InChI=1S/C24H42/c1-15-16(2)23(13)17(3)18(4)24(14,20(7,8)19(15,5)6)22(11,12)21(23,9)10/h1-14H3. The van der Waals surface area contributed by atoms with E-state index in [1.807, 2.05) is 0 Å². The highest BCUT2D eigenvalue weighted by Crippen LogP contribution is 2.78. The van der Waals surface area contributed by atoms with Crippen molar-refractivity contribution in [1.29, 1.82) is 0 Å². The van der Waals surface area contributed by atoms with Gasteiger partial charge in [0.15, 0.2) is 0 Å². The molecular weight excluding hydrogens is 288 g/mol. The van der Waals surface area contributed by atoms with E-state index in [0.29, 0.717) is 0 Å². The summed E-state index contributed by atoms with van der Waals surface area (Å²) in [5, 5.41) is 0. The molecule has 3 aliphatic rings. The number of allylic oxidation sites excluding steroid dienone is 4. The highest BCUT2D eigenvalue weighted by Gasteiger charge is 2.70. The number of hydrogen-bond acceptors (Lipinski definition) is 0. The monoisotopic (exact) mass is 330 g/mol. The van der Waals surface area contributed by atoms with Crippen molar-refractivity contribution in [2.75, 3.05) is 0 Å². The normalized spacial score (nSPS) is 39.8. The van der Waals surface area contributed by atoms with Crippen LogP contribution in [0.4, 0.5) is 0 Å². The van der Waals surface area contributed by atoms with Gasteiger partial charge in [0.2, 0.25) is 0 Å². The number of rotatable bonds is 0. The minimum absolute atomic E-state index is 0.109. The molecule has 2 unspecified atom stereocenters. The van der Waals surface area contributed by atoms with Gasteiger partial charge in [-0.3, -0.25) is 0 Å². The molecule has 0 aromatic heterocycles. The Balaban J connectivity index is 3.22. The average Bonchev–Trinajstić information content (AvgIpc) is 2.47. The fourth-order valence-electron chi connectivity index (χ4n) is 6.88. The zero-order valence-corrected chi connectivity index (χ0v) is 19.0. The maximum Gasteiger partial charge on any atom is 0.0149 e. The van der Waals surface area contributed by atoms with Crippen LogP contribution in [-0.2, 0) is 0 Å². The molecule has 0 amide bonds. The van der Waals surface area contributed by atoms with Crippen LogP contribution >= 0.6 is 0 Å². The third kappa shape index (κ3) is 1.54. The Morgan fingerprint density at radius 2 is 0.792 bits per heavy atom. The average molecular weight is 331 g/mol. The highest BCUT2D eigenvalue weighted by atomic mass is 14.7. The van der Waals surface area contributed by atoms with Gasteiger partial charge in [-0.05, 0) is 54.8 Å². The van der Waals surface area contributed by atoms with Crippen molar-refractivity contribution in [3.05, 3.63) is 22.3 Å². The van der Waals surface area contributed by atoms with Gasteiger partial charge < -0.3 is 0 Å². The van der Waals surface area contributed by atoms with Crippen molar-refractivity contribution in [3.8, 4) is 0 Å². The Labute approximate surface area is 152 Å². The summed E-state index contributed by atoms with van der Waals surface area (Å²) in [4.78, 5) is 0. The molecule has 0 nitrogen and oxygen atoms in total. The third-order valence-corrected chi connectivity index (χ3v) is 11.2. The van der Waals surface area contributed by atoms with Crippen LogP contribution in [0.2, 0.25) is 0 Å². The van der Waals surface area contributed by atoms with Crippen molar-refractivity contribution in [1.82, 2.24) is 0 Å². The maximum atomic E-state index is 2.56. The fraction of sp³-hybridized carbons (Fsp3) is 0.833. The van der Waals surface area contributed by atoms with Gasteiger partial charge in [0.05, 0.1) is 0 Å². The highest BCUT2D eigenvalue weighted by molar-refractivity contribution is 5.48. The largest absolute Gasteiger partial charge is 0.0673 e. The first-order valence-corrected chi connectivity index (χ1v) is 9.75. The summed E-state index contributed by atoms with van der Waals surface area (Å²) in [6.45, 7) is 34.8. The summed E-state index contributed by atoms with van der Waals surface area (Å²) in [6, 6.07) is 0. The van der Waals surface area contributed by atoms with E-state index in [0.717, 1.165) is 0 Å². The Morgan fingerprint density at radius 1 is 0.417 bits per heavy atom. The van der Waals surface area contributed by atoms with Crippen LogP contribution in [0.1, 0.15) is 96.9 Å². The molecule has 2 atom stereocenters. The Morgan fingerprint density at radius 3 is 1.21 bits per heavy atom. The molecular formula is C24H42. The molecule has 0 heterocycles. The van der Waals surface area contributed by atoms with Crippen molar-refractivity contribution in [3.63, 3.8) is 0 Å². The lowest BCUT2D eigenvalue weighted by Crippen LogP contribution is -2.67. The molecule has 3 rings (SSSR count). The van der Waals surface area contributed by atoms with Gasteiger partial charge >= 0.3 is 0 Å². The van der Waals surface area contributed by atoms with Crippen molar-refractivity contribution in [2.24, 2.45) is 32.5 Å². The van der Waals surface area contributed by atoms with E-state index in [1.54, 1.807) is 22.3 Å². The first kappa shape index (κ1) is 19.8. The summed E-state index contributed by atoms with van der Waals surface area (Å²) in [6.07, 6.45) is 0. The van der Waals surface area contributed by atoms with Crippen molar-refractivity contribution >= 4 is 0 Å². The summed E-state index contributed by atoms with van der Waals surface area (Å²) in [5.41, 5.74) is 7.33. The molecule has 0 fully saturated rings. The van der Waals surface area contributed by atoms with Crippen LogP contribution in [0.15, 0.2) is 22.3 Å². The van der Waals surface area contributed by atoms with Gasteiger partial charge in [-0.15, -0.1) is 0 Å². The zero-order chi connectivity index (χ0) is 19.3. The Hall–Kier alpha value is -0.520. The number of fused-ring (bicyclic) bond motifs is 3. The van der Waals surface area contributed by atoms with Gasteiger partial charge in [0.1, 0.15) is 0 Å². The van der Waals surface area contributed by atoms with Gasteiger partial charge in [0, 0.05) is 5.41 Å². The smallest absolute Gasteiger partial charge is 0.0149 e. The van der Waals surface area contributed by atoms with Crippen molar-refractivity contribution < 1.29 is 0 Å². The molecule has 0 heteroatoms. The summed E-state index contributed by atoms with van der Waals surface area (Å²) >= 11 is 0. The van der Waals surface area contributed by atoms with E-state index in [9.17, 15) is 0 Å². The van der Waals surface area contributed by atoms with E-state index >= 15 is 0 Å². The van der Waals surface area contributed by atoms with Gasteiger partial charge in [-0.1, -0.05) is 91.5 Å². The minimum atomic E-state index is 0.109. The molecule has 0 aromatic rings. The second-order valence-electron chi connectivity index (χ2n) is 11.2. The van der Waals surface area contributed by atoms with Gasteiger partial charge in [-0.2, -0.15) is 0 Å². The molecule has 0 aromatic carbocycles. The summed E-state index contributed by atoms with van der Waals surface area (Å²) in [5.74, 6) is 0. The van der Waals surface area contributed by atoms with Crippen LogP contribution in [0.5, 0.6) is 0 Å². The lowest BCUT2D eigenvalue weighted by atomic mass is 9.30. The molecule has 0 N–H and O–H groups in total. The first-order chi connectivity index (χ1) is 10.4. The molecule has 2 bridgehead atoms. The topological polar surface area (TPSA) is 0 Å². The van der Waals surface area contributed by atoms with Crippen LogP contribution in [-0.4, -0.2) is 0 Å². The molecule has 138 valence electrons. The predicted molar refractivity (Wildman–Crippen MR) is 108 cm³/mol. The molecule has 3 aliphatic carbocycles. The molecule has 0 aliphatic heterocycles. The first-order valence-electron chi connectivity index (χ1n) is 9.75. The molecule has 0 saturated carbocycles. The van der Waals surface area contributed by atoms with E-state index in [-0.39, 0.29) is 32.5 Å². The van der Waals surface area contributed by atoms with E-state index in [4.69, 9.17) is 0 Å². The van der Waals surface area contributed by atoms with Crippen molar-refractivity contribution in [2.45, 2.75) is 96.9 Å². The van der Waals surface area contributed by atoms with E-state index in [2.05, 4.69) is 96.9 Å². The van der Waals surface area contributed by atoms with Crippen LogP contribution in [0, 0.1) is 32.5 Å². The third-order valence-electron chi connectivity index (χ3n) is 11.2. The SMILES string of the molecule is CC1=C(C)C2(C)C(C)=C(C)C(C)(C(C)(C)C1(C)C)C(C)(C)C2(C)C. The van der Waals surface area contributed by atoms with Gasteiger partial charge in [-0.25, -0.2) is 0 Å². The lowest BCUT2D eigenvalue weighted by Gasteiger charge is -2.74. The fourth-order valence-corrected chi connectivity index (χ4v) is 6.88. The summed E-state index contributed by atoms with van der Waals surface area (Å²) in [7, 11) is 0. The second-order valence-corrected chi connectivity index (χ2v) is 11.2. The molecule has 0 spiro atoms.